The average molecular weight is 352 g/mol. The van der Waals surface area contributed by atoms with Gasteiger partial charge in [0.1, 0.15) is 11.4 Å². The molecule has 0 amide bonds. The van der Waals surface area contributed by atoms with E-state index in [-0.39, 0.29) is 5.97 Å². The van der Waals surface area contributed by atoms with Crippen molar-refractivity contribution in [2.75, 3.05) is 13.7 Å². The SMILES string of the molecule is CCOC(=O)c1cc2c(n1Cc1cccc(OC)c1)-c1oncc1CC2. The Kier molecular flexibility index (Phi) is 4.24. The number of nitrogens with zero attached hydrogens (tertiary/aromatic N) is 2. The molecule has 0 bridgehead atoms. The maximum Gasteiger partial charge on any atom is 0.354 e. The predicted molar refractivity (Wildman–Crippen MR) is 95.4 cm³/mol. The van der Waals surface area contributed by atoms with E-state index < -0.39 is 0 Å². The van der Waals surface area contributed by atoms with E-state index >= 15 is 0 Å². The number of carbonyl (C=O) groups is 1. The number of carbonyl (C=O) groups excluding carboxylic acids is 1. The number of esters is 1. The minimum Gasteiger partial charge on any atom is -0.497 e. The van der Waals surface area contributed by atoms with E-state index in [9.17, 15) is 4.79 Å². The van der Waals surface area contributed by atoms with Crippen molar-refractivity contribution in [3.05, 3.63) is 58.9 Å². The standard InChI is InChI=1S/C20H20N2O4/c1-3-25-20(23)17-10-14-7-8-15-11-21-26-19(15)18(14)22(17)12-13-5-4-6-16(9-13)24-2/h4-6,9-11H,3,7-8,12H2,1-2H3. The molecule has 134 valence electrons. The third kappa shape index (κ3) is 2.77. The molecule has 26 heavy (non-hydrogen) atoms. The van der Waals surface area contributed by atoms with Crippen LogP contribution in [0.25, 0.3) is 11.5 Å². The zero-order chi connectivity index (χ0) is 18.1. The molecule has 0 saturated heterocycles. The van der Waals surface area contributed by atoms with Crippen LogP contribution in [0.1, 0.15) is 34.1 Å². The Morgan fingerprint density at radius 2 is 2.12 bits per heavy atom. The molecule has 6 nitrogen and oxygen atoms in total. The molecule has 0 atom stereocenters. The summed E-state index contributed by atoms with van der Waals surface area (Å²) in [6.07, 6.45) is 3.46. The van der Waals surface area contributed by atoms with Crippen LogP contribution in [0.4, 0.5) is 0 Å². The van der Waals surface area contributed by atoms with Crippen molar-refractivity contribution in [3.63, 3.8) is 0 Å². The summed E-state index contributed by atoms with van der Waals surface area (Å²) in [5.41, 5.74) is 4.62. The van der Waals surface area contributed by atoms with E-state index in [0.29, 0.717) is 18.8 Å². The molecule has 2 heterocycles. The smallest absolute Gasteiger partial charge is 0.354 e. The highest BCUT2D eigenvalue weighted by Gasteiger charge is 2.29. The first kappa shape index (κ1) is 16.4. The summed E-state index contributed by atoms with van der Waals surface area (Å²) < 4.78 is 18.1. The Balaban J connectivity index is 1.83. The highest BCUT2D eigenvalue weighted by atomic mass is 16.5. The maximum absolute atomic E-state index is 12.5. The van der Waals surface area contributed by atoms with Gasteiger partial charge in [-0.1, -0.05) is 17.3 Å². The Morgan fingerprint density at radius 3 is 2.92 bits per heavy atom. The highest BCUT2D eigenvalue weighted by molar-refractivity contribution is 5.90. The summed E-state index contributed by atoms with van der Waals surface area (Å²) in [7, 11) is 1.64. The first-order valence-electron chi connectivity index (χ1n) is 8.67. The van der Waals surface area contributed by atoms with Gasteiger partial charge in [0.05, 0.1) is 25.6 Å². The Bertz CT molecular complexity index is 955. The first-order chi connectivity index (χ1) is 12.7. The van der Waals surface area contributed by atoms with E-state index in [1.165, 1.54) is 0 Å². The molecule has 0 spiro atoms. The molecule has 0 radical (unpaired) electrons. The lowest BCUT2D eigenvalue weighted by Crippen LogP contribution is -2.14. The Morgan fingerprint density at radius 1 is 1.27 bits per heavy atom. The minimum absolute atomic E-state index is 0.328. The number of benzene rings is 1. The molecule has 1 aromatic carbocycles. The Labute approximate surface area is 151 Å². The summed E-state index contributed by atoms with van der Waals surface area (Å²) >= 11 is 0. The lowest BCUT2D eigenvalue weighted by Gasteiger charge is -2.16. The zero-order valence-electron chi connectivity index (χ0n) is 14.8. The monoisotopic (exact) mass is 352 g/mol. The van der Waals surface area contributed by atoms with E-state index in [1.54, 1.807) is 13.3 Å². The first-order valence-corrected chi connectivity index (χ1v) is 8.67. The molecule has 0 saturated carbocycles. The molecule has 2 aromatic heterocycles. The number of rotatable bonds is 5. The molecular weight excluding hydrogens is 332 g/mol. The van der Waals surface area contributed by atoms with Crippen LogP contribution in [0.15, 0.2) is 41.1 Å². The largest absolute Gasteiger partial charge is 0.497 e. The van der Waals surface area contributed by atoms with Crippen molar-refractivity contribution < 1.29 is 18.8 Å². The van der Waals surface area contributed by atoms with Crippen LogP contribution in [0.5, 0.6) is 5.75 Å². The van der Waals surface area contributed by atoms with E-state index in [4.69, 9.17) is 14.0 Å². The number of hydrogen-bond donors (Lipinski definition) is 0. The second-order valence-corrected chi connectivity index (χ2v) is 6.24. The maximum atomic E-state index is 12.5. The number of fused-ring (bicyclic) bond motifs is 3. The minimum atomic E-state index is -0.328. The third-order valence-electron chi connectivity index (χ3n) is 4.66. The van der Waals surface area contributed by atoms with E-state index in [2.05, 4.69) is 5.16 Å². The fourth-order valence-electron chi connectivity index (χ4n) is 3.46. The van der Waals surface area contributed by atoms with Crippen molar-refractivity contribution in [3.8, 4) is 17.2 Å². The van der Waals surface area contributed by atoms with Crippen LogP contribution in [0.2, 0.25) is 0 Å². The lowest BCUT2D eigenvalue weighted by atomic mass is 9.96. The number of aromatic nitrogens is 2. The van der Waals surface area contributed by atoms with Gasteiger partial charge in [-0.2, -0.15) is 0 Å². The zero-order valence-corrected chi connectivity index (χ0v) is 14.8. The van der Waals surface area contributed by atoms with Crippen molar-refractivity contribution in [1.29, 1.82) is 0 Å². The van der Waals surface area contributed by atoms with Crippen molar-refractivity contribution >= 4 is 5.97 Å². The molecular formula is C20H20N2O4. The van der Waals surface area contributed by atoms with Crippen molar-refractivity contribution in [2.45, 2.75) is 26.3 Å². The van der Waals surface area contributed by atoms with Crippen LogP contribution >= 0.6 is 0 Å². The average Bonchev–Trinajstić information content (AvgIpc) is 3.26. The Hall–Kier alpha value is -3.02. The second-order valence-electron chi connectivity index (χ2n) is 6.24. The van der Waals surface area contributed by atoms with Crippen molar-refractivity contribution in [1.82, 2.24) is 9.72 Å². The van der Waals surface area contributed by atoms with Gasteiger partial charge in [0.2, 0.25) is 0 Å². The van der Waals surface area contributed by atoms with Gasteiger partial charge in [-0.3, -0.25) is 0 Å². The van der Waals surface area contributed by atoms with Gasteiger partial charge in [0, 0.05) is 12.1 Å². The van der Waals surface area contributed by atoms with Gasteiger partial charge in [0.15, 0.2) is 5.76 Å². The molecule has 3 aromatic rings. The van der Waals surface area contributed by atoms with Crippen LogP contribution in [-0.4, -0.2) is 29.4 Å². The van der Waals surface area contributed by atoms with Crippen LogP contribution in [0, 0.1) is 0 Å². The van der Waals surface area contributed by atoms with E-state index in [0.717, 1.165) is 46.7 Å². The summed E-state index contributed by atoms with van der Waals surface area (Å²) in [4.78, 5) is 12.5. The number of hydrogen-bond acceptors (Lipinski definition) is 5. The quantitative estimate of drug-likeness (QED) is 0.658. The molecule has 1 aliphatic rings. The molecule has 4 rings (SSSR count). The molecule has 0 N–H and O–H groups in total. The number of methoxy groups -OCH3 is 1. The fourth-order valence-corrected chi connectivity index (χ4v) is 3.46. The van der Waals surface area contributed by atoms with E-state index in [1.807, 2.05) is 41.8 Å². The van der Waals surface area contributed by atoms with Gasteiger partial charge in [-0.15, -0.1) is 0 Å². The predicted octanol–water partition coefficient (Wildman–Crippen LogP) is 3.48. The van der Waals surface area contributed by atoms with Gasteiger partial charge < -0.3 is 18.6 Å². The van der Waals surface area contributed by atoms with Gasteiger partial charge in [-0.05, 0) is 49.1 Å². The van der Waals surface area contributed by atoms with Gasteiger partial charge in [-0.25, -0.2) is 4.79 Å². The summed E-state index contributed by atoms with van der Waals surface area (Å²) in [5.74, 6) is 1.19. The van der Waals surface area contributed by atoms with Crippen molar-refractivity contribution in [2.24, 2.45) is 0 Å². The van der Waals surface area contributed by atoms with Gasteiger partial charge >= 0.3 is 5.97 Å². The lowest BCUT2D eigenvalue weighted by molar-refractivity contribution is 0.0514. The van der Waals surface area contributed by atoms with Crippen LogP contribution in [-0.2, 0) is 24.1 Å². The molecule has 0 aliphatic heterocycles. The molecule has 0 unspecified atom stereocenters. The number of ether oxygens (including phenoxy) is 2. The molecule has 0 fully saturated rings. The summed E-state index contributed by atoms with van der Waals surface area (Å²) in [5, 5.41) is 3.94. The summed E-state index contributed by atoms with van der Waals surface area (Å²) in [6.45, 7) is 2.66. The highest BCUT2D eigenvalue weighted by Crippen LogP contribution is 2.36. The third-order valence-corrected chi connectivity index (χ3v) is 4.66. The topological polar surface area (TPSA) is 66.5 Å². The molecule has 1 aliphatic carbocycles. The number of aryl methyl sites for hydroxylation is 2. The van der Waals surface area contributed by atoms with Crippen LogP contribution < -0.4 is 4.74 Å². The normalized spacial score (nSPS) is 12.4. The summed E-state index contributed by atoms with van der Waals surface area (Å²) in [6, 6.07) is 9.72. The second kappa shape index (κ2) is 6.71. The molecule has 6 heteroatoms. The van der Waals surface area contributed by atoms with Gasteiger partial charge in [0.25, 0.3) is 0 Å². The van der Waals surface area contributed by atoms with Crippen LogP contribution in [0.3, 0.4) is 0 Å². The fraction of sp³-hybridized carbons (Fsp3) is 0.300.